The van der Waals surface area contributed by atoms with Gasteiger partial charge in [0, 0.05) is 13.6 Å². The van der Waals surface area contributed by atoms with Crippen molar-refractivity contribution in [1.29, 1.82) is 0 Å². The predicted molar refractivity (Wildman–Crippen MR) is 53.4 cm³/mol. The Morgan fingerprint density at radius 3 is 2.92 bits per heavy atom. The van der Waals surface area contributed by atoms with Gasteiger partial charge in [-0.05, 0) is 25.3 Å². The number of rotatable bonds is 6. The van der Waals surface area contributed by atoms with Crippen LogP contribution in [0.4, 0.5) is 0 Å². The van der Waals surface area contributed by atoms with Gasteiger partial charge in [0.25, 0.3) is 0 Å². The Labute approximate surface area is 79.8 Å². The van der Waals surface area contributed by atoms with Gasteiger partial charge < -0.3 is 10.2 Å². The fraction of sp³-hybridized carbons (Fsp3) is 0.700. The van der Waals surface area contributed by atoms with Crippen molar-refractivity contribution in [1.82, 2.24) is 10.2 Å². The molecule has 0 aromatic heterocycles. The highest BCUT2D eigenvalue weighted by molar-refractivity contribution is 5.78. The van der Waals surface area contributed by atoms with Crippen molar-refractivity contribution in [3.05, 3.63) is 12.7 Å². The zero-order valence-electron chi connectivity index (χ0n) is 8.25. The van der Waals surface area contributed by atoms with Crippen molar-refractivity contribution < 1.29 is 4.79 Å². The summed E-state index contributed by atoms with van der Waals surface area (Å²) in [7, 11) is 1.79. The highest BCUT2D eigenvalue weighted by Gasteiger charge is 2.20. The molecular weight excluding hydrogens is 164 g/mol. The van der Waals surface area contributed by atoms with Gasteiger partial charge in [0.1, 0.15) is 0 Å². The van der Waals surface area contributed by atoms with E-state index in [1.807, 2.05) is 0 Å². The number of likely N-dealkylation sites (N-methyl/N-ethyl adjacent to an activating group) is 1. The average Bonchev–Trinajstić information content (AvgIpc) is 2.88. The van der Waals surface area contributed by atoms with Crippen LogP contribution in [-0.4, -0.2) is 37.5 Å². The topological polar surface area (TPSA) is 32.3 Å². The van der Waals surface area contributed by atoms with Crippen molar-refractivity contribution >= 4 is 5.91 Å². The van der Waals surface area contributed by atoms with Gasteiger partial charge in [-0.3, -0.25) is 4.79 Å². The molecule has 0 unspecified atom stereocenters. The van der Waals surface area contributed by atoms with Crippen LogP contribution in [0.1, 0.15) is 12.8 Å². The summed E-state index contributed by atoms with van der Waals surface area (Å²) in [5.41, 5.74) is 0. The molecule has 1 saturated carbocycles. The smallest absolute Gasteiger partial charge is 0.236 e. The van der Waals surface area contributed by atoms with Crippen LogP contribution >= 0.6 is 0 Å². The maximum absolute atomic E-state index is 11.4. The minimum Gasteiger partial charge on any atom is -0.341 e. The number of carbonyl (C=O) groups excluding carboxylic acids is 1. The number of amides is 1. The van der Waals surface area contributed by atoms with Crippen LogP contribution in [-0.2, 0) is 4.79 Å². The van der Waals surface area contributed by atoms with Crippen LogP contribution in [0.2, 0.25) is 0 Å². The lowest BCUT2D eigenvalue weighted by Crippen LogP contribution is -2.36. The second kappa shape index (κ2) is 5.02. The molecule has 3 heteroatoms. The van der Waals surface area contributed by atoms with E-state index in [1.54, 1.807) is 18.0 Å². The van der Waals surface area contributed by atoms with E-state index >= 15 is 0 Å². The lowest BCUT2D eigenvalue weighted by molar-refractivity contribution is -0.128. The van der Waals surface area contributed by atoms with Crippen molar-refractivity contribution in [3.8, 4) is 0 Å². The maximum atomic E-state index is 11.4. The average molecular weight is 182 g/mol. The second-order valence-corrected chi connectivity index (χ2v) is 3.64. The first-order valence-corrected chi connectivity index (χ1v) is 4.79. The SMILES string of the molecule is C=CCN(C)C(=O)CNCC1CC1. The van der Waals surface area contributed by atoms with Gasteiger partial charge in [-0.2, -0.15) is 0 Å². The minimum atomic E-state index is 0.139. The molecule has 1 N–H and O–H groups in total. The fourth-order valence-electron chi connectivity index (χ4n) is 1.14. The number of hydrogen-bond donors (Lipinski definition) is 1. The first kappa shape index (κ1) is 10.3. The fourth-order valence-corrected chi connectivity index (χ4v) is 1.14. The van der Waals surface area contributed by atoms with Crippen LogP contribution in [0, 0.1) is 5.92 Å². The third-order valence-corrected chi connectivity index (χ3v) is 2.23. The molecule has 1 aliphatic carbocycles. The first-order valence-electron chi connectivity index (χ1n) is 4.79. The molecule has 74 valence electrons. The van der Waals surface area contributed by atoms with E-state index in [9.17, 15) is 4.79 Å². The molecule has 0 bridgehead atoms. The third-order valence-electron chi connectivity index (χ3n) is 2.23. The quantitative estimate of drug-likeness (QED) is 0.611. The molecule has 0 aromatic rings. The Kier molecular flexibility index (Phi) is 3.96. The van der Waals surface area contributed by atoms with Crippen molar-refractivity contribution in [2.45, 2.75) is 12.8 Å². The molecule has 1 fully saturated rings. The number of nitrogens with one attached hydrogen (secondary N) is 1. The van der Waals surface area contributed by atoms with Gasteiger partial charge in [-0.15, -0.1) is 6.58 Å². The largest absolute Gasteiger partial charge is 0.341 e. The van der Waals surface area contributed by atoms with Gasteiger partial charge in [0.05, 0.1) is 6.54 Å². The third kappa shape index (κ3) is 4.08. The molecule has 1 aliphatic rings. The summed E-state index contributed by atoms with van der Waals surface area (Å²) in [5, 5.41) is 3.16. The maximum Gasteiger partial charge on any atom is 0.236 e. The molecule has 13 heavy (non-hydrogen) atoms. The van der Waals surface area contributed by atoms with Crippen molar-refractivity contribution in [2.75, 3.05) is 26.7 Å². The van der Waals surface area contributed by atoms with Crippen LogP contribution in [0.5, 0.6) is 0 Å². The van der Waals surface area contributed by atoms with Crippen LogP contribution in [0.25, 0.3) is 0 Å². The number of hydrogen-bond acceptors (Lipinski definition) is 2. The van der Waals surface area contributed by atoms with Crippen LogP contribution < -0.4 is 5.32 Å². The van der Waals surface area contributed by atoms with Crippen molar-refractivity contribution in [2.24, 2.45) is 5.92 Å². The first-order chi connectivity index (χ1) is 6.24. The molecule has 0 aliphatic heterocycles. The molecule has 1 rings (SSSR count). The van der Waals surface area contributed by atoms with E-state index in [0.29, 0.717) is 13.1 Å². The number of nitrogens with zero attached hydrogens (tertiary/aromatic N) is 1. The molecule has 0 saturated heterocycles. The number of carbonyl (C=O) groups is 1. The highest BCUT2D eigenvalue weighted by atomic mass is 16.2. The molecule has 0 aromatic carbocycles. The Morgan fingerprint density at radius 1 is 1.69 bits per heavy atom. The van der Waals surface area contributed by atoms with Crippen LogP contribution in [0.15, 0.2) is 12.7 Å². The molecule has 0 heterocycles. The van der Waals surface area contributed by atoms with E-state index in [0.717, 1.165) is 12.5 Å². The van der Waals surface area contributed by atoms with Gasteiger partial charge in [-0.1, -0.05) is 6.08 Å². The summed E-state index contributed by atoms with van der Waals surface area (Å²) >= 11 is 0. The molecule has 0 radical (unpaired) electrons. The standard InChI is InChI=1S/C10H18N2O/c1-3-6-12(2)10(13)8-11-7-9-4-5-9/h3,9,11H,1,4-8H2,2H3. The Balaban J connectivity index is 2.04. The summed E-state index contributed by atoms with van der Waals surface area (Å²) in [6, 6.07) is 0. The normalized spacial score (nSPS) is 15.5. The molecular formula is C10H18N2O. The lowest BCUT2D eigenvalue weighted by atomic mass is 10.4. The Bertz CT molecular complexity index is 187. The van der Waals surface area contributed by atoms with Gasteiger partial charge in [-0.25, -0.2) is 0 Å². The van der Waals surface area contributed by atoms with Crippen LogP contribution in [0.3, 0.4) is 0 Å². The van der Waals surface area contributed by atoms with Gasteiger partial charge >= 0.3 is 0 Å². The molecule has 0 atom stereocenters. The molecule has 1 amide bonds. The van der Waals surface area contributed by atoms with Gasteiger partial charge in [0.15, 0.2) is 0 Å². The van der Waals surface area contributed by atoms with E-state index in [4.69, 9.17) is 0 Å². The van der Waals surface area contributed by atoms with E-state index in [2.05, 4.69) is 11.9 Å². The van der Waals surface area contributed by atoms with Gasteiger partial charge in [0.2, 0.25) is 5.91 Å². The molecule has 3 nitrogen and oxygen atoms in total. The van der Waals surface area contributed by atoms with E-state index in [1.165, 1.54) is 12.8 Å². The monoisotopic (exact) mass is 182 g/mol. The lowest BCUT2D eigenvalue weighted by Gasteiger charge is -2.14. The summed E-state index contributed by atoms with van der Waals surface area (Å²) in [6.07, 6.45) is 4.38. The van der Waals surface area contributed by atoms with E-state index in [-0.39, 0.29) is 5.91 Å². The summed E-state index contributed by atoms with van der Waals surface area (Å²) in [4.78, 5) is 13.0. The van der Waals surface area contributed by atoms with E-state index < -0.39 is 0 Å². The zero-order valence-corrected chi connectivity index (χ0v) is 8.25. The Hall–Kier alpha value is -0.830. The minimum absolute atomic E-state index is 0.139. The Morgan fingerprint density at radius 2 is 2.38 bits per heavy atom. The second-order valence-electron chi connectivity index (χ2n) is 3.64. The summed E-state index contributed by atoms with van der Waals surface area (Å²) in [6.45, 7) is 5.67. The highest BCUT2D eigenvalue weighted by Crippen LogP contribution is 2.27. The predicted octanol–water partition coefficient (Wildman–Crippen LogP) is 0.630. The summed E-state index contributed by atoms with van der Waals surface area (Å²) < 4.78 is 0. The zero-order chi connectivity index (χ0) is 9.68. The molecule has 0 spiro atoms. The summed E-state index contributed by atoms with van der Waals surface area (Å²) in [5.74, 6) is 0.970. The van der Waals surface area contributed by atoms with Crippen molar-refractivity contribution in [3.63, 3.8) is 0 Å².